The summed E-state index contributed by atoms with van der Waals surface area (Å²) in [7, 11) is 0. The summed E-state index contributed by atoms with van der Waals surface area (Å²) in [5.74, 6) is 0. The average molecular weight is 968 g/mol. The fourth-order valence-electron chi connectivity index (χ4n) is 14.5. The second kappa shape index (κ2) is 15.8. The summed E-state index contributed by atoms with van der Waals surface area (Å²) in [5, 5.41) is 2.30. The standard InChI is InChI=1S/C69H70BN3O/c1-42-34-59-63-60(35-42)73(56-39-51-49(36-43(56)2)66(6,7)32-33-67(51,8)9)58-40-52-50(68(10,11)41-69(52,12)13)38-54(58)70(63)53-30-28-46(71(44-22-16-14-17-23-44)45-24-18-15-19-25-45)37-57(53)72(59)55-31-29-48-47-26-20-21-27-61(47)74-64(48)62(55)65(3,4)5/h14-31,34-40H,32-33,41H2,1-13H3. The molecule has 0 N–H and O–H groups in total. The number of anilines is 9. The van der Waals surface area contributed by atoms with Crippen molar-refractivity contribution in [2.75, 3.05) is 14.7 Å². The van der Waals surface area contributed by atoms with Crippen molar-refractivity contribution in [2.24, 2.45) is 0 Å². The lowest BCUT2D eigenvalue weighted by atomic mass is 9.33. The second-order valence-corrected chi connectivity index (χ2v) is 26.1. The summed E-state index contributed by atoms with van der Waals surface area (Å²) in [6.45, 7) is 31.4. The number of fused-ring (bicyclic) bond motifs is 9. The minimum Gasteiger partial charge on any atom is -0.456 e. The first-order valence-corrected chi connectivity index (χ1v) is 27.2. The van der Waals surface area contributed by atoms with Crippen molar-refractivity contribution >= 4 is 96.2 Å². The van der Waals surface area contributed by atoms with E-state index in [4.69, 9.17) is 4.42 Å². The molecule has 1 aromatic heterocycles. The van der Waals surface area contributed by atoms with Gasteiger partial charge in [0.2, 0.25) is 0 Å². The molecule has 0 radical (unpaired) electrons. The number of benzene rings is 8. The first-order chi connectivity index (χ1) is 35.1. The molecule has 4 nitrogen and oxygen atoms in total. The molecule has 74 heavy (non-hydrogen) atoms. The Bertz CT molecular complexity index is 3750. The van der Waals surface area contributed by atoms with E-state index in [1.807, 2.05) is 0 Å². The van der Waals surface area contributed by atoms with Gasteiger partial charge in [-0.3, -0.25) is 0 Å². The molecule has 2 aliphatic heterocycles. The van der Waals surface area contributed by atoms with Crippen LogP contribution < -0.4 is 31.1 Å². The molecule has 3 heterocycles. The Morgan fingerprint density at radius 2 is 1.01 bits per heavy atom. The summed E-state index contributed by atoms with van der Waals surface area (Å²) < 4.78 is 7.04. The van der Waals surface area contributed by atoms with Crippen LogP contribution in [0.1, 0.15) is 134 Å². The van der Waals surface area contributed by atoms with E-state index in [0.717, 1.165) is 57.5 Å². The van der Waals surface area contributed by atoms with Gasteiger partial charge in [-0.2, -0.15) is 0 Å². The molecule has 2 aliphatic carbocycles. The van der Waals surface area contributed by atoms with Crippen molar-refractivity contribution in [2.45, 2.75) is 136 Å². The van der Waals surface area contributed by atoms with E-state index in [1.165, 1.54) is 90.2 Å². The maximum absolute atomic E-state index is 7.04. The van der Waals surface area contributed by atoms with E-state index in [0.29, 0.717) is 0 Å². The first-order valence-electron chi connectivity index (χ1n) is 27.2. The molecule has 0 saturated carbocycles. The van der Waals surface area contributed by atoms with E-state index in [1.54, 1.807) is 0 Å². The largest absolute Gasteiger partial charge is 0.456 e. The number of para-hydroxylation sites is 3. The summed E-state index contributed by atoms with van der Waals surface area (Å²) in [5.41, 5.74) is 26.2. The lowest BCUT2D eigenvalue weighted by molar-refractivity contribution is 0.332. The smallest absolute Gasteiger partial charge is 0.252 e. The van der Waals surface area contributed by atoms with Gasteiger partial charge < -0.3 is 19.1 Å². The van der Waals surface area contributed by atoms with E-state index in [2.05, 4.69) is 256 Å². The Labute approximate surface area is 440 Å². The highest BCUT2D eigenvalue weighted by atomic mass is 16.3. The molecule has 0 amide bonds. The maximum atomic E-state index is 7.04. The quantitative estimate of drug-likeness (QED) is 0.160. The number of hydrogen-bond acceptors (Lipinski definition) is 4. The summed E-state index contributed by atoms with van der Waals surface area (Å²) in [4.78, 5) is 7.76. The molecule has 13 rings (SSSR count). The average Bonchev–Trinajstić information content (AvgIpc) is 3.82. The van der Waals surface area contributed by atoms with E-state index >= 15 is 0 Å². The fourth-order valence-corrected chi connectivity index (χ4v) is 14.5. The van der Waals surface area contributed by atoms with Gasteiger partial charge in [-0.15, -0.1) is 0 Å². The van der Waals surface area contributed by atoms with Crippen LogP contribution in [-0.4, -0.2) is 6.71 Å². The third-order valence-corrected chi connectivity index (χ3v) is 17.9. The molecule has 8 aromatic carbocycles. The number of aryl methyl sites for hydroxylation is 2. The zero-order chi connectivity index (χ0) is 51.6. The fraction of sp³-hybridized carbons (Fsp3) is 0.304. The highest BCUT2D eigenvalue weighted by molar-refractivity contribution is 7.00. The number of rotatable bonds is 5. The zero-order valence-electron chi connectivity index (χ0n) is 45.9. The van der Waals surface area contributed by atoms with Gasteiger partial charge in [0, 0.05) is 61.8 Å². The Balaban J connectivity index is 1.16. The Hall–Kier alpha value is -6.98. The Morgan fingerprint density at radius 1 is 0.473 bits per heavy atom. The summed E-state index contributed by atoms with van der Waals surface area (Å²) in [6, 6.07) is 57.7. The summed E-state index contributed by atoms with van der Waals surface area (Å²) in [6.07, 6.45) is 3.45. The molecule has 0 bridgehead atoms. The molecule has 0 atom stereocenters. The highest BCUT2D eigenvalue weighted by Gasteiger charge is 2.49. The van der Waals surface area contributed by atoms with Crippen LogP contribution in [0.15, 0.2) is 156 Å². The van der Waals surface area contributed by atoms with Crippen molar-refractivity contribution in [3.05, 3.63) is 191 Å². The van der Waals surface area contributed by atoms with Gasteiger partial charge in [0.1, 0.15) is 11.2 Å². The number of hydrogen-bond donors (Lipinski definition) is 0. The number of nitrogens with zero attached hydrogens (tertiary/aromatic N) is 3. The van der Waals surface area contributed by atoms with Gasteiger partial charge >= 0.3 is 0 Å². The topological polar surface area (TPSA) is 22.9 Å². The van der Waals surface area contributed by atoms with Crippen LogP contribution >= 0.6 is 0 Å². The van der Waals surface area contributed by atoms with Crippen molar-refractivity contribution < 1.29 is 4.42 Å². The predicted octanol–water partition coefficient (Wildman–Crippen LogP) is 17.4. The van der Waals surface area contributed by atoms with Crippen LogP contribution in [0, 0.1) is 13.8 Å². The van der Waals surface area contributed by atoms with Gasteiger partial charge in [0.25, 0.3) is 6.71 Å². The van der Waals surface area contributed by atoms with Crippen LogP contribution in [0.3, 0.4) is 0 Å². The maximum Gasteiger partial charge on any atom is 0.252 e. The molecular formula is C69H70BN3O. The molecule has 370 valence electrons. The molecule has 0 saturated heterocycles. The lowest BCUT2D eigenvalue weighted by Crippen LogP contribution is -2.61. The van der Waals surface area contributed by atoms with Gasteiger partial charge in [0.05, 0.1) is 5.69 Å². The van der Waals surface area contributed by atoms with E-state index in [-0.39, 0.29) is 33.8 Å². The van der Waals surface area contributed by atoms with Crippen LogP contribution in [0.2, 0.25) is 0 Å². The molecule has 5 heteroatoms. The molecular weight excluding hydrogens is 898 g/mol. The third kappa shape index (κ3) is 6.87. The second-order valence-electron chi connectivity index (χ2n) is 26.1. The van der Waals surface area contributed by atoms with Gasteiger partial charge in [-0.25, -0.2) is 0 Å². The van der Waals surface area contributed by atoms with Crippen LogP contribution in [0.5, 0.6) is 0 Å². The van der Waals surface area contributed by atoms with Crippen molar-refractivity contribution in [3.63, 3.8) is 0 Å². The monoisotopic (exact) mass is 968 g/mol. The SMILES string of the molecule is Cc1cc2c3c(c1)N(c1ccc4c(oc5ccccc54)c1C(C)(C)C)c1cc(N(c4ccccc4)c4ccccc4)ccc1B3c1cc3c(cc1N2c1cc2c(cc1C)C(C)(C)CCC2(C)C)C(C)(C)CC3(C)C. The van der Waals surface area contributed by atoms with Gasteiger partial charge in [-0.1, -0.05) is 149 Å². The summed E-state index contributed by atoms with van der Waals surface area (Å²) >= 11 is 0. The molecule has 9 aromatic rings. The van der Waals surface area contributed by atoms with Crippen molar-refractivity contribution in [1.29, 1.82) is 0 Å². The molecule has 4 aliphatic rings. The Kier molecular flexibility index (Phi) is 9.97. The molecule has 0 fully saturated rings. The molecule has 0 spiro atoms. The highest BCUT2D eigenvalue weighted by Crippen LogP contribution is 2.56. The van der Waals surface area contributed by atoms with E-state index < -0.39 is 0 Å². The predicted molar refractivity (Wildman–Crippen MR) is 317 cm³/mol. The van der Waals surface area contributed by atoms with Gasteiger partial charge in [0.15, 0.2) is 0 Å². The van der Waals surface area contributed by atoms with Gasteiger partial charge in [-0.05, 0) is 189 Å². The minimum absolute atomic E-state index is 0.00921. The molecule has 0 unspecified atom stereocenters. The normalized spacial score (nSPS) is 17.4. The lowest BCUT2D eigenvalue weighted by Gasteiger charge is -2.47. The minimum atomic E-state index is -0.292. The number of furan rings is 1. The van der Waals surface area contributed by atoms with E-state index in [9.17, 15) is 0 Å². The third-order valence-electron chi connectivity index (χ3n) is 17.9. The van der Waals surface area contributed by atoms with Crippen molar-refractivity contribution in [1.82, 2.24) is 0 Å². The zero-order valence-corrected chi connectivity index (χ0v) is 45.9. The first kappa shape index (κ1) is 46.8. The van der Waals surface area contributed by atoms with Crippen LogP contribution in [0.4, 0.5) is 51.2 Å². The Morgan fingerprint density at radius 3 is 1.65 bits per heavy atom. The van der Waals surface area contributed by atoms with Crippen LogP contribution in [0.25, 0.3) is 21.9 Å². The van der Waals surface area contributed by atoms with Crippen molar-refractivity contribution in [3.8, 4) is 0 Å². The van der Waals surface area contributed by atoms with Crippen LogP contribution in [-0.2, 0) is 27.1 Å².